The number of aliphatic imine (C=N–C) groups is 1. The normalized spacial score (nSPS) is 15.6. The van der Waals surface area contributed by atoms with Crippen LogP contribution in [0.1, 0.15) is 24.5 Å². The maximum atomic E-state index is 12.8. The van der Waals surface area contributed by atoms with Gasteiger partial charge in [-0.2, -0.15) is 0 Å². The molecule has 1 radical (unpaired) electrons. The Balaban J connectivity index is 1.73. The molecule has 6 nitrogen and oxygen atoms in total. The summed E-state index contributed by atoms with van der Waals surface area (Å²) in [5, 5.41) is 2.89. The lowest BCUT2D eigenvalue weighted by Crippen LogP contribution is -2.44. The molecule has 1 aliphatic rings. The fraction of sp³-hybridized carbons (Fsp3) is 0.310. The predicted octanol–water partition coefficient (Wildman–Crippen LogP) is 3.98. The number of nitrogens with zero attached hydrogens (tertiary/aromatic N) is 3. The van der Waals surface area contributed by atoms with Crippen LogP contribution < -0.4 is 21.4 Å². The van der Waals surface area contributed by atoms with Gasteiger partial charge < -0.3 is 20.9 Å². The lowest BCUT2D eigenvalue weighted by Gasteiger charge is -2.34. The number of carbonyl (C=O) groups is 1. The number of anilines is 2. The third kappa shape index (κ3) is 7.21. The van der Waals surface area contributed by atoms with Gasteiger partial charge in [0.25, 0.3) is 5.91 Å². The van der Waals surface area contributed by atoms with Crippen molar-refractivity contribution >= 4 is 41.4 Å². The molecule has 0 aliphatic carbocycles. The summed E-state index contributed by atoms with van der Waals surface area (Å²) < 4.78 is 0. The van der Waals surface area contributed by atoms with E-state index in [0.717, 1.165) is 48.6 Å². The van der Waals surface area contributed by atoms with Gasteiger partial charge in [-0.05, 0) is 62.4 Å². The molecule has 0 spiro atoms. The Morgan fingerprint density at radius 3 is 2.47 bits per heavy atom. The number of carbonyl (C=O) groups excluding carboxylic acids is 1. The molecule has 0 unspecified atom stereocenters. The summed E-state index contributed by atoms with van der Waals surface area (Å²) in [6.45, 7) is 14.0. The van der Waals surface area contributed by atoms with E-state index in [0.29, 0.717) is 17.8 Å². The molecule has 36 heavy (non-hydrogen) atoms. The first-order chi connectivity index (χ1) is 17.3. The van der Waals surface area contributed by atoms with E-state index in [1.165, 1.54) is 5.56 Å². The highest BCUT2D eigenvalue weighted by Crippen LogP contribution is 2.20. The Morgan fingerprint density at radius 1 is 1.17 bits per heavy atom. The second-order valence-electron chi connectivity index (χ2n) is 9.00. The summed E-state index contributed by atoms with van der Waals surface area (Å²) in [5.74, 6) is -0.351. The van der Waals surface area contributed by atoms with Crippen LogP contribution in [0.5, 0.6) is 0 Å². The molecule has 0 atom stereocenters. The predicted molar refractivity (Wildman–Crippen MR) is 155 cm³/mol. The number of aryl methyl sites for hydroxylation is 1. The van der Waals surface area contributed by atoms with Crippen molar-refractivity contribution in [1.29, 1.82) is 0 Å². The standard InChI is InChI=1S/C29H37BN5O/c1-6-8-28(22-10-9-21(3)26(19-22)30-4)32-23(7-2)20-27(31)29(36)33-24-11-13-25(14-12-24)35-17-15-34(5)16-18-35/h6,8-14,19-20H,1,7,15-18,31H2,2-5H3,(H,33,36)/b27-20-,28-8-,32-23+. The first-order valence-electron chi connectivity index (χ1n) is 12.5. The molecule has 0 saturated carbocycles. The van der Waals surface area contributed by atoms with Crippen LogP contribution >= 0.6 is 0 Å². The van der Waals surface area contributed by atoms with Crippen molar-refractivity contribution in [3.05, 3.63) is 84.1 Å². The number of nitrogens with one attached hydrogen (secondary N) is 1. The molecular weight excluding hydrogens is 445 g/mol. The quantitative estimate of drug-likeness (QED) is 0.245. The zero-order chi connectivity index (χ0) is 26.1. The highest BCUT2D eigenvalue weighted by atomic mass is 16.2. The smallest absolute Gasteiger partial charge is 0.271 e. The molecule has 3 rings (SSSR count). The molecule has 1 amide bonds. The average Bonchev–Trinajstić information content (AvgIpc) is 2.89. The molecule has 0 aromatic heterocycles. The maximum Gasteiger partial charge on any atom is 0.271 e. The maximum absolute atomic E-state index is 12.8. The lowest BCUT2D eigenvalue weighted by molar-refractivity contribution is -0.112. The van der Waals surface area contributed by atoms with E-state index in [-0.39, 0.29) is 11.6 Å². The molecule has 1 heterocycles. The number of hydrogen-bond donors (Lipinski definition) is 2. The highest BCUT2D eigenvalue weighted by molar-refractivity contribution is 6.52. The van der Waals surface area contributed by atoms with Gasteiger partial charge in [-0.25, -0.2) is 0 Å². The van der Waals surface area contributed by atoms with E-state index in [1.807, 2.05) is 50.2 Å². The van der Waals surface area contributed by atoms with Crippen molar-refractivity contribution in [3.8, 4) is 0 Å². The third-order valence-corrected chi connectivity index (χ3v) is 6.37. The van der Waals surface area contributed by atoms with Crippen molar-refractivity contribution < 1.29 is 4.79 Å². The Labute approximate surface area is 216 Å². The van der Waals surface area contributed by atoms with Crippen molar-refractivity contribution in [2.75, 3.05) is 43.4 Å². The highest BCUT2D eigenvalue weighted by Gasteiger charge is 2.14. The van der Waals surface area contributed by atoms with Gasteiger partial charge in [-0.15, -0.1) is 0 Å². The van der Waals surface area contributed by atoms with Crippen LogP contribution in [0, 0.1) is 6.92 Å². The van der Waals surface area contributed by atoms with Crippen LogP contribution in [-0.2, 0) is 4.79 Å². The second-order valence-corrected chi connectivity index (χ2v) is 9.00. The lowest BCUT2D eigenvalue weighted by atomic mass is 9.70. The summed E-state index contributed by atoms with van der Waals surface area (Å²) in [6, 6.07) is 14.1. The number of rotatable bonds is 9. The minimum absolute atomic E-state index is 0.114. The molecule has 2 aromatic carbocycles. The largest absolute Gasteiger partial charge is 0.394 e. The van der Waals surface area contributed by atoms with Gasteiger partial charge in [0.2, 0.25) is 0 Å². The van der Waals surface area contributed by atoms with Crippen molar-refractivity contribution in [2.24, 2.45) is 10.7 Å². The van der Waals surface area contributed by atoms with E-state index < -0.39 is 0 Å². The van der Waals surface area contributed by atoms with Crippen LogP contribution in [0.4, 0.5) is 11.4 Å². The molecule has 187 valence electrons. The van der Waals surface area contributed by atoms with Crippen LogP contribution in [0.15, 0.2) is 78.0 Å². The van der Waals surface area contributed by atoms with Crippen LogP contribution in [-0.4, -0.2) is 57.0 Å². The first kappa shape index (κ1) is 27.0. The summed E-state index contributed by atoms with van der Waals surface area (Å²) in [6.07, 6.45) is 5.85. The summed E-state index contributed by atoms with van der Waals surface area (Å²) >= 11 is 0. The molecule has 2 aromatic rings. The number of allylic oxidation sites excluding steroid dienone is 3. The van der Waals surface area contributed by atoms with E-state index in [2.05, 4.69) is 55.1 Å². The van der Waals surface area contributed by atoms with Crippen LogP contribution in [0.3, 0.4) is 0 Å². The van der Waals surface area contributed by atoms with E-state index in [4.69, 9.17) is 10.7 Å². The molecule has 1 aliphatic heterocycles. The fourth-order valence-corrected chi connectivity index (χ4v) is 4.06. The van der Waals surface area contributed by atoms with Gasteiger partial charge in [0, 0.05) is 43.3 Å². The number of benzene rings is 2. The Bertz CT molecular complexity index is 1160. The van der Waals surface area contributed by atoms with E-state index in [1.54, 1.807) is 12.2 Å². The fourth-order valence-electron chi connectivity index (χ4n) is 4.06. The molecule has 7 heteroatoms. The Hall–Kier alpha value is -3.58. The second kappa shape index (κ2) is 12.9. The number of amides is 1. The summed E-state index contributed by atoms with van der Waals surface area (Å²) in [7, 11) is 4.22. The minimum atomic E-state index is -0.351. The number of likely N-dealkylation sites (N-methyl/N-ethyl adjacent to an activating group) is 1. The van der Waals surface area contributed by atoms with E-state index >= 15 is 0 Å². The Morgan fingerprint density at radius 2 is 1.86 bits per heavy atom. The van der Waals surface area contributed by atoms with Crippen molar-refractivity contribution in [1.82, 2.24) is 4.90 Å². The monoisotopic (exact) mass is 482 g/mol. The van der Waals surface area contributed by atoms with Gasteiger partial charge in [0.15, 0.2) is 0 Å². The number of hydrogen-bond acceptors (Lipinski definition) is 5. The minimum Gasteiger partial charge on any atom is -0.394 e. The zero-order valence-corrected chi connectivity index (χ0v) is 21.9. The van der Waals surface area contributed by atoms with Gasteiger partial charge in [0.1, 0.15) is 7.28 Å². The van der Waals surface area contributed by atoms with Crippen LogP contribution in [0.25, 0.3) is 5.70 Å². The molecular formula is C29H37BN5O. The van der Waals surface area contributed by atoms with E-state index in [9.17, 15) is 4.79 Å². The topological polar surface area (TPSA) is 74.0 Å². The number of nitrogens with two attached hydrogens (primary N) is 1. The summed E-state index contributed by atoms with van der Waals surface area (Å²) in [5.41, 5.74) is 13.0. The summed E-state index contributed by atoms with van der Waals surface area (Å²) in [4.78, 5) is 22.3. The molecule has 0 bridgehead atoms. The van der Waals surface area contributed by atoms with Gasteiger partial charge in [-0.3, -0.25) is 9.79 Å². The van der Waals surface area contributed by atoms with Crippen molar-refractivity contribution in [2.45, 2.75) is 27.1 Å². The van der Waals surface area contributed by atoms with Gasteiger partial charge in [0.05, 0.1) is 11.4 Å². The van der Waals surface area contributed by atoms with Crippen molar-refractivity contribution in [3.63, 3.8) is 0 Å². The SMILES string of the molecule is C=C\C=C(/N=C(/C=C(\N)C(=O)Nc1ccc(N2CCN(C)CC2)cc1)CC)c1ccc(C)c([B]C)c1. The first-order valence-corrected chi connectivity index (χ1v) is 12.5. The van der Waals surface area contributed by atoms with Crippen LogP contribution in [0.2, 0.25) is 6.82 Å². The zero-order valence-electron chi connectivity index (χ0n) is 21.9. The average molecular weight is 482 g/mol. The van der Waals surface area contributed by atoms with Gasteiger partial charge in [-0.1, -0.05) is 55.6 Å². The molecule has 1 saturated heterocycles. The Kier molecular flexibility index (Phi) is 9.71. The molecule has 1 fully saturated rings. The number of piperazine rings is 1. The third-order valence-electron chi connectivity index (χ3n) is 6.37. The van der Waals surface area contributed by atoms with Gasteiger partial charge >= 0.3 is 0 Å². The molecule has 3 N–H and O–H groups in total.